The molecule has 1 aromatic heterocycles. The molecule has 28 heavy (non-hydrogen) atoms. The van der Waals surface area contributed by atoms with Gasteiger partial charge in [0.25, 0.3) is 5.22 Å². The van der Waals surface area contributed by atoms with Gasteiger partial charge < -0.3 is 24.1 Å². The Kier molecular flexibility index (Phi) is 5.85. The summed E-state index contributed by atoms with van der Waals surface area (Å²) >= 11 is 0.812. The molecule has 2 aromatic carbocycles. The lowest BCUT2D eigenvalue weighted by molar-refractivity contribution is -0.268. The molecule has 3 aromatic rings. The first-order chi connectivity index (χ1) is 13.5. The number of carboxylic acid groups (broad SMARTS) is 1. The van der Waals surface area contributed by atoms with Crippen LogP contribution in [0.5, 0.6) is 17.2 Å². The lowest BCUT2D eigenvalue weighted by atomic mass is 10.2. The van der Waals surface area contributed by atoms with Gasteiger partial charge in [0, 0.05) is 11.6 Å². The maximum absolute atomic E-state index is 11.5. The summed E-state index contributed by atoms with van der Waals surface area (Å²) in [5, 5.41) is 28.5. The fraction of sp³-hybridized carbons (Fsp3) is 0.105. The third-order valence-electron chi connectivity index (χ3n) is 3.59. The van der Waals surface area contributed by atoms with Crippen molar-refractivity contribution in [1.82, 2.24) is 10.2 Å². The molecule has 144 valence electrons. The van der Waals surface area contributed by atoms with Crippen molar-refractivity contribution in [2.24, 2.45) is 0 Å². The number of nitrogens with zero attached hydrogens (tertiary/aromatic N) is 2. The van der Waals surface area contributed by atoms with Gasteiger partial charge in [-0.05, 0) is 35.5 Å². The van der Waals surface area contributed by atoms with Gasteiger partial charge in [0.15, 0.2) is 0 Å². The number of methoxy groups -OCH3 is 2. The van der Waals surface area contributed by atoms with E-state index in [1.54, 1.807) is 18.2 Å². The summed E-state index contributed by atoms with van der Waals surface area (Å²) in [5.74, 6) is -0.0135. The van der Waals surface area contributed by atoms with E-state index in [0.29, 0.717) is 22.6 Å². The van der Waals surface area contributed by atoms with Crippen molar-refractivity contribution in [1.29, 1.82) is 0 Å². The third-order valence-corrected chi connectivity index (χ3v) is 4.44. The zero-order valence-corrected chi connectivity index (χ0v) is 15.7. The molecule has 0 aliphatic heterocycles. The average Bonchev–Trinajstić information content (AvgIpc) is 3.17. The second-order valence-corrected chi connectivity index (χ2v) is 6.45. The quantitative estimate of drug-likeness (QED) is 0.472. The van der Waals surface area contributed by atoms with Crippen LogP contribution in [0.15, 0.2) is 57.0 Å². The Balaban J connectivity index is 1.86. The van der Waals surface area contributed by atoms with Gasteiger partial charge in [0.1, 0.15) is 16.4 Å². The van der Waals surface area contributed by atoms with E-state index in [9.17, 15) is 15.0 Å². The van der Waals surface area contributed by atoms with E-state index < -0.39 is 5.97 Å². The van der Waals surface area contributed by atoms with Gasteiger partial charge in [-0.15, -0.1) is 15.9 Å². The molecule has 0 saturated heterocycles. The van der Waals surface area contributed by atoms with Gasteiger partial charge in [0.2, 0.25) is 5.89 Å². The molecule has 0 aliphatic carbocycles. The summed E-state index contributed by atoms with van der Waals surface area (Å²) in [5.41, 5.74) is 1.14. The summed E-state index contributed by atoms with van der Waals surface area (Å²) in [7, 11) is 3.05. The van der Waals surface area contributed by atoms with E-state index in [1.165, 1.54) is 44.6 Å². The van der Waals surface area contributed by atoms with Gasteiger partial charge >= 0.3 is 5.97 Å². The monoisotopic (exact) mass is 399 g/mol. The minimum absolute atomic E-state index is 0.0305. The Bertz CT molecular complexity index is 991. The van der Waals surface area contributed by atoms with Crippen LogP contribution >= 0.6 is 11.8 Å². The van der Waals surface area contributed by atoms with Crippen LogP contribution in [-0.2, 0) is 4.79 Å². The molecule has 0 saturated carbocycles. The smallest absolute Gasteiger partial charge is 0.342 e. The van der Waals surface area contributed by atoms with Gasteiger partial charge in [0.05, 0.1) is 14.2 Å². The van der Waals surface area contributed by atoms with Crippen molar-refractivity contribution in [3.8, 4) is 28.7 Å². The molecule has 0 radical (unpaired) electrons. The Morgan fingerprint density at radius 2 is 1.75 bits per heavy atom. The lowest BCUT2D eigenvalue weighted by Crippen LogP contribution is -1.97. The van der Waals surface area contributed by atoms with Gasteiger partial charge in [-0.25, -0.2) is 4.79 Å². The number of hydrogen-bond donors (Lipinski definition) is 1. The van der Waals surface area contributed by atoms with Crippen LogP contribution in [-0.4, -0.2) is 35.5 Å². The molecule has 0 fully saturated rings. The van der Waals surface area contributed by atoms with Crippen LogP contribution in [0, 0.1) is 0 Å². The summed E-state index contributed by atoms with van der Waals surface area (Å²) in [4.78, 5) is 11.5. The average molecular weight is 399 g/mol. The molecule has 8 nitrogen and oxygen atoms in total. The molecule has 0 bridgehead atoms. The van der Waals surface area contributed by atoms with E-state index >= 15 is 0 Å². The highest BCUT2D eigenvalue weighted by molar-refractivity contribution is 8.03. The van der Waals surface area contributed by atoms with Crippen molar-refractivity contribution in [3.63, 3.8) is 0 Å². The Morgan fingerprint density at radius 3 is 2.32 bits per heavy atom. The molecular formula is C19H15N2O6S-. The number of thioether (sulfide) groups is 1. The summed E-state index contributed by atoms with van der Waals surface area (Å²) < 4.78 is 16.0. The first kappa shape index (κ1) is 19.3. The predicted octanol–water partition coefficient (Wildman–Crippen LogP) is 3.05. The van der Waals surface area contributed by atoms with Crippen molar-refractivity contribution >= 4 is 23.8 Å². The second kappa shape index (κ2) is 8.49. The molecule has 9 heteroatoms. The van der Waals surface area contributed by atoms with Crippen molar-refractivity contribution in [2.75, 3.05) is 14.2 Å². The van der Waals surface area contributed by atoms with Gasteiger partial charge in [-0.1, -0.05) is 24.3 Å². The molecule has 1 N–H and O–H groups in total. The number of aliphatic carboxylic acids is 1. The first-order valence-corrected chi connectivity index (χ1v) is 8.77. The van der Waals surface area contributed by atoms with E-state index in [-0.39, 0.29) is 21.8 Å². The number of hydrogen-bond acceptors (Lipinski definition) is 8. The molecule has 0 aliphatic rings. The Labute approximate surface area is 164 Å². The van der Waals surface area contributed by atoms with Crippen LogP contribution in [0.4, 0.5) is 0 Å². The molecule has 0 spiro atoms. The van der Waals surface area contributed by atoms with E-state index in [0.717, 1.165) is 11.8 Å². The molecule has 0 amide bonds. The molecule has 0 unspecified atom stereocenters. The summed E-state index contributed by atoms with van der Waals surface area (Å²) in [6.45, 7) is 0. The topological polar surface area (TPSA) is 118 Å². The number of rotatable bonds is 7. The fourth-order valence-corrected chi connectivity index (χ4v) is 2.92. The van der Waals surface area contributed by atoms with Crippen molar-refractivity contribution < 1.29 is 28.9 Å². The van der Waals surface area contributed by atoms with E-state index in [1.807, 2.05) is 0 Å². The number of ether oxygens (including phenoxy) is 2. The van der Waals surface area contributed by atoms with E-state index in [4.69, 9.17) is 13.9 Å². The largest absolute Gasteiger partial charge is 0.872 e. The fourth-order valence-electron chi connectivity index (χ4n) is 2.24. The van der Waals surface area contributed by atoms with Crippen LogP contribution in [0.3, 0.4) is 0 Å². The maximum atomic E-state index is 11.5. The highest BCUT2D eigenvalue weighted by Gasteiger charge is 2.17. The Morgan fingerprint density at radius 1 is 1.11 bits per heavy atom. The van der Waals surface area contributed by atoms with Crippen LogP contribution in [0.1, 0.15) is 5.56 Å². The Hall–Kier alpha value is -3.46. The second-order valence-electron chi connectivity index (χ2n) is 5.46. The standard InChI is InChI=1S/C19H16N2O6S/c1-25-14-8-12(9-15(10-14)26-2)17-20-21-19(27-17)28-16(18(23)24)7-11-3-5-13(22)6-4-11/h3-10,22H,1-2H3,(H,23,24)/p-1/b16-7-. The first-order valence-electron chi connectivity index (χ1n) is 7.95. The number of carbonyl (C=O) groups is 1. The molecular weight excluding hydrogens is 384 g/mol. The van der Waals surface area contributed by atoms with Crippen molar-refractivity contribution in [3.05, 3.63) is 52.9 Å². The lowest BCUT2D eigenvalue weighted by Gasteiger charge is -2.05. The number of benzene rings is 2. The van der Waals surface area contributed by atoms with Gasteiger partial charge in [-0.2, -0.15) is 0 Å². The highest BCUT2D eigenvalue weighted by Crippen LogP contribution is 2.33. The number of carboxylic acids is 1. The minimum Gasteiger partial charge on any atom is -0.872 e. The molecule has 3 rings (SSSR count). The third kappa shape index (κ3) is 4.63. The number of aromatic nitrogens is 2. The molecule has 1 heterocycles. The normalized spacial score (nSPS) is 11.3. The minimum atomic E-state index is -1.15. The zero-order valence-electron chi connectivity index (χ0n) is 14.9. The van der Waals surface area contributed by atoms with Crippen molar-refractivity contribution in [2.45, 2.75) is 5.22 Å². The SMILES string of the molecule is COc1cc(OC)cc(-c2nnc(S/C(=C\c3ccc([O-])cc3)C(=O)O)o2)c1. The summed E-state index contributed by atoms with van der Waals surface area (Å²) in [6.07, 6.45) is 1.42. The predicted molar refractivity (Wildman–Crippen MR) is 100 cm³/mol. The van der Waals surface area contributed by atoms with Crippen LogP contribution in [0.2, 0.25) is 0 Å². The summed E-state index contributed by atoms with van der Waals surface area (Å²) in [6, 6.07) is 10.9. The van der Waals surface area contributed by atoms with Crippen LogP contribution in [0.25, 0.3) is 17.5 Å². The zero-order chi connectivity index (χ0) is 20.1. The van der Waals surface area contributed by atoms with Crippen LogP contribution < -0.4 is 14.6 Å². The van der Waals surface area contributed by atoms with E-state index in [2.05, 4.69) is 10.2 Å². The maximum Gasteiger partial charge on any atom is 0.342 e. The molecule has 0 atom stereocenters. The van der Waals surface area contributed by atoms with Gasteiger partial charge in [-0.3, -0.25) is 0 Å². The highest BCUT2D eigenvalue weighted by atomic mass is 32.2.